The molecule has 236 valence electrons. The Kier molecular flexibility index (Phi) is 9.64. The second-order valence-electron chi connectivity index (χ2n) is 11.4. The Morgan fingerprint density at radius 2 is 1.91 bits per heavy atom. The Bertz CT molecular complexity index is 1490. The number of fused-ring (bicyclic) bond motifs is 1. The van der Waals surface area contributed by atoms with Gasteiger partial charge in [-0.25, -0.2) is 13.8 Å². The molecule has 2 aromatic carbocycles. The molecule has 1 saturated heterocycles. The summed E-state index contributed by atoms with van der Waals surface area (Å²) in [6.07, 6.45) is 1.62. The third-order valence-corrected chi connectivity index (χ3v) is 8.20. The first-order valence-electron chi connectivity index (χ1n) is 14.8. The SMILES string of the molecule is CCC[C@@H](N[C@H]1CCc2cc(F)cc(F)c2C1)C(=O)Nc1cn(-c2ccccc2CNC2CCN(C(=O)C(F)(F)F)C2)cn1. The molecular weight excluding hydrogens is 583 g/mol. The molecule has 0 spiro atoms. The number of aryl methyl sites for hydroxylation is 1. The fraction of sp³-hybridized carbons (Fsp3) is 0.452. The van der Waals surface area contributed by atoms with Crippen LogP contribution >= 0.6 is 0 Å². The van der Waals surface area contributed by atoms with Crippen molar-refractivity contribution in [3.63, 3.8) is 0 Å². The molecule has 2 amide bonds. The summed E-state index contributed by atoms with van der Waals surface area (Å²) >= 11 is 0. The molecule has 44 heavy (non-hydrogen) atoms. The lowest BCUT2D eigenvalue weighted by Gasteiger charge is -2.29. The van der Waals surface area contributed by atoms with Crippen molar-refractivity contribution >= 4 is 17.6 Å². The van der Waals surface area contributed by atoms with E-state index in [2.05, 4.69) is 20.9 Å². The summed E-state index contributed by atoms with van der Waals surface area (Å²) in [6, 6.07) is 8.76. The van der Waals surface area contributed by atoms with E-state index in [0.717, 1.165) is 28.6 Å². The monoisotopic (exact) mass is 618 g/mol. The summed E-state index contributed by atoms with van der Waals surface area (Å²) in [5.74, 6) is -2.89. The zero-order chi connectivity index (χ0) is 31.4. The Balaban J connectivity index is 1.19. The predicted octanol–water partition coefficient (Wildman–Crippen LogP) is 4.66. The van der Waals surface area contributed by atoms with Crippen LogP contribution in [0, 0.1) is 11.6 Å². The standard InChI is InChI=1S/C31H35F5N6O2/c1-2-5-26(39-22-9-8-19-12-21(32)13-25(33)24(19)14-22)29(43)40-28-17-42(18-38-28)27-7-4-3-6-20(27)15-37-23-10-11-41(16-23)30(44)31(34,35)36/h3-4,6-7,12-13,17-18,22-23,26,37,39H,2,5,8-11,14-16H2,1H3,(H,40,43)/t22-,23?,26+/m0/s1. The first-order chi connectivity index (χ1) is 21.0. The highest BCUT2D eigenvalue weighted by Crippen LogP contribution is 2.26. The topological polar surface area (TPSA) is 91.3 Å². The van der Waals surface area contributed by atoms with E-state index in [-0.39, 0.29) is 31.1 Å². The van der Waals surface area contributed by atoms with E-state index < -0.39 is 29.8 Å². The zero-order valence-corrected chi connectivity index (χ0v) is 24.3. The number of hydrogen-bond acceptors (Lipinski definition) is 5. The fourth-order valence-electron chi connectivity index (χ4n) is 5.98. The molecule has 1 unspecified atom stereocenters. The van der Waals surface area contributed by atoms with Crippen molar-refractivity contribution in [1.29, 1.82) is 0 Å². The smallest absolute Gasteiger partial charge is 0.333 e. The van der Waals surface area contributed by atoms with Crippen LogP contribution in [0.3, 0.4) is 0 Å². The second kappa shape index (κ2) is 13.4. The van der Waals surface area contributed by atoms with E-state index in [9.17, 15) is 31.5 Å². The average molecular weight is 619 g/mol. The van der Waals surface area contributed by atoms with Crippen LogP contribution in [0.25, 0.3) is 5.69 Å². The van der Waals surface area contributed by atoms with Crippen LogP contribution in [0.4, 0.5) is 27.8 Å². The van der Waals surface area contributed by atoms with Crippen LogP contribution in [0.2, 0.25) is 0 Å². The highest BCUT2D eigenvalue weighted by atomic mass is 19.4. The van der Waals surface area contributed by atoms with Crippen LogP contribution in [0.15, 0.2) is 48.9 Å². The number of carbonyl (C=O) groups excluding carboxylic acids is 2. The first-order valence-corrected chi connectivity index (χ1v) is 14.8. The van der Waals surface area contributed by atoms with Crippen molar-refractivity contribution in [2.75, 3.05) is 18.4 Å². The Morgan fingerprint density at radius 3 is 2.68 bits per heavy atom. The third-order valence-electron chi connectivity index (χ3n) is 8.20. The third kappa shape index (κ3) is 7.44. The number of amides is 2. The molecule has 13 heteroatoms. The normalized spacial score (nSPS) is 19.1. The number of hydrogen-bond donors (Lipinski definition) is 3. The van der Waals surface area contributed by atoms with E-state index in [1.54, 1.807) is 17.1 Å². The van der Waals surface area contributed by atoms with Crippen LogP contribution in [0.1, 0.15) is 49.3 Å². The fourth-order valence-corrected chi connectivity index (χ4v) is 5.98. The van der Waals surface area contributed by atoms with E-state index >= 15 is 0 Å². The van der Waals surface area contributed by atoms with Crippen LogP contribution in [-0.2, 0) is 29.0 Å². The number of halogens is 5. The maximum Gasteiger partial charge on any atom is 0.471 e. The lowest BCUT2D eigenvalue weighted by atomic mass is 9.87. The van der Waals surface area contributed by atoms with Gasteiger partial charge < -0.3 is 25.4 Å². The molecule has 3 N–H and O–H groups in total. The summed E-state index contributed by atoms with van der Waals surface area (Å²) in [5, 5.41) is 9.48. The maximum absolute atomic E-state index is 14.4. The summed E-state index contributed by atoms with van der Waals surface area (Å²) in [7, 11) is 0. The molecule has 0 saturated carbocycles. The minimum absolute atomic E-state index is 0.0183. The van der Waals surface area contributed by atoms with Gasteiger partial charge in [0.2, 0.25) is 5.91 Å². The summed E-state index contributed by atoms with van der Waals surface area (Å²) in [4.78, 5) is 30.0. The zero-order valence-electron chi connectivity index (χ0n) is 24.3. The Morgan fingerprint density at radius 1 is 1.11 bits per heavy atom. The molecule has 5 rings (SSSR count). The number of benzene rings is 2. The number of carbonyl (C=O) groups is 2. The van der Waals surface area contributed by atoms with Crippen LogP contribution in [-0.4, -0.2) is 63.7 Å². The van der Waals surface area contributed by atoms with Crippen molar-refractivity contribution in [2.24, 2.45) is 0 Å². The van der Waals surface area contributed by atoms with E-state index in [4.69, 9.17) is 0 Å². The van der Waals surface area contributed by atoms with Gasteiger partial charge in [-0.3, -0.25) is 9.59 Å². The van der Waals surface area contributed by atoms with Crippen LogP contribution in [0.5, 0.6) is 0 Å². The molecule has 1 aliphatic carbocycles. The van der Waals surface area contributed by atoms with Gasteiger partial charge in [-0.2, -0.15) is 13.2 Å². The van der Waals surface area contributed by atoms with Gasteiger partial charge >= 0.3 is 12.1 Å². The molecule has 1 fully saturated rings. The molecule has 2 aliphatic rings. The number of anilines is 1. The largest absolute Gasteiger partial charge is 0.471 e. The van der Waals surface area contributed by atoms with E-state index in [1.165, 1.54) is 6.07 Å². The average Bonchev–Trinajstić information content (AvgIpc) is 3.65. The molecule has 3 atom stereocenters. The quantitative estimate of drug-likeness (QED) is 0.288. The minimum atomic E-state index is -4.88. The maximum atomic E-state index is 14.4. The molecule has 0 bridgehead atoms. The van der Waals surface area contributed by atoms with E-state index in [0.29, 0.717) is 55.6 Å². The number of likely N-dealkylation sites (tertiary alicyclic amines) is 1. The molecular formula is C31H35F5N6O2. The molecule has 0 radical (unpaired) electrons. The molecule has 8 nitrogen and oxygen atoms in total. The molecule has 2 heterocycles. The Hall–Kier alpha value is -3.84. The van der Waals surface area contributed by atoms with Gasteiger partial charge in [-0.05, 0) is 60.9 Å². The summed E-state index contributed by atoms with van der Waals surface area (Å²) in [5.41, 5.74) is 2.79. The number of nitrogens with one attached hydrogen (secondary N) is 3. The molecule has 1 aliphatic heterocycles. The summed E-state index contributed by atoms with van der Waals surface area (Å²) in [6.45, 7) is 2.35. The number of rotatable bonds is 10. The summed E-state index contributed by atoms with van der Waals surface area (Å²) < 4.78 is 68.1. The van der Waals surface area contributed by atoms with E-state index in [1.807, 2.05) is 31.2 Å². The Labute approximate surface area is 252 Å². The van der Waals surface area contributed by atoms with Crippen molar-refractivity contribution in [3.05, 3.63) is 77.2 Å². The molecule has 3 aromatic rings. The molecule has 1 aromatic heterocycles. The van der Waals surface area contributed by atoms with Gasteiger partial charge in [0.25, 0.3) is 0 Å². The van der Waals surface area contributed by atoms with Gasteiger partial charge in [-0.1, -0.05) is 31.5 Å². The number of alkyl halides is 3. The minimum Gasteiger partial charge on any atom is -0.333 e. The predicted molar refractivity (Wildman–Crippen MR) is 154 cm³/mol. The van der Waals surface area contributed by atoms with Crippen molar-refractivity contribution < 1.29 is 31.5 Å². The second-order valence-corrected chi connectivity index (χ2v) is 11.4. The van der Waals surface area contributed by atoms with Gasteiger partial charge in [0.1, 0.15) is 18.0 Å². The van der Waals surface area contributed by atoms with Gasteiger partial charge in [0.05, 0.1) is 17.9 Å². The lowest BCUT2D eigenvalue weighted by Crippen LogP contribution is -2.48. The highest BCUT2D eigenvalue weighted by Gasteiger charge is 2.44. The van der Waals surface area contributed by atoms with Gasteiger partial charge in [-0.15, -0.1) is 0 Å². The first kappa shape index (κ1) is 31.6. The van der Waals surface area contributed by atoms with Gasteiger partial charge in [0.15, 0.2) is 5.82 Å². The number of aromatic nitrogens is 2. The van der Waals surface area contributed by atoms with Gasteiger partial charge in [0, 0.05) is 37.8 Å². The number of nitrogens with zero attached hydrogens (tertiary/aromatic N) is 3. The van der Waals surface area contributed by atoms with Crippen molar-refractivity contribution in [1.82, 2.24) is 25.1 Å². The van der Waals surface area contributed by atoms with Crippen molar-refractivity contribution in [3.8, 4) is 5.69 Å². The van der Waals surface area contributed by atoms with Crippen molar-refractivity contribution in [2.45, 2.75) is 76.3 Å². The highest BCUT2D eigenvalue weighted by molar-refractivity contribution is 5.94. The number of imidazole rings is 1. The lowest BCUT2D eigenvalue weighted by molar-refractivity contribution is -0.184. The number of para-hydroxylation sites is 1. The van der Waals surface area contributed by atoms with Crippen LogP contribution < -0.4 is 16.0 Å².